The van der Waals surface area contributed by atoms with Gasteiger partial charge in [-0.3, -0.25) is 19.2 Å². The Hall–Kier alpha value is -3.48. The fourth-order valence-corrected chi connectivity index (χ4v) is 2.73. The summed E-state index contributed by atoms with van der Waals surface area (Å²) in [4.78, 5) is 66.8. The summed E-state index contributed by atoms with van der Waals surface area (Å²) in [5, 5.41) is 16.8. The molecule has 1 aromatic rings. The minimum absolute atomic E-state index is 0.0362. The minimum atomic E-state index is -1.26. The normalized spacial score (nSPS) is 14.7. The molecule has 4 unspecified atom stereocenters. The van der Waals surface area contributed by atoms with Gasteiger partial charge in [0.1, 0.15) is 18.1 Å². The number of carbonyl (C=O) groups excluding carboxylic acids is 4. The van der Waals surface area contributed by atoms with Crippen LogP contribution in [-0.4, -0.2) is 68.8 Å². The molecule has 4 atom stereocenters. The van der Waals surface area contributed by atoms with E-state index in [2.05, 4.69) is 25.9 Å². The second-order valence-electron chi connectivity index (χ2n) is 7.77. The lowest BCUT2D eigenvalue weighted by atomic mass is 10.0. The van der Waals surface area contributed by atoms with E-state index in [1.54, 1.807) is 13.8 Å². The molecule has 0 aromatic carbocycles. The average molecular weight is 454 g/mol. The molecule has 0 aliphatic heterocycles. The Labute approximate surface area is 185 Å². The fraction of sp³-hybridized carbons (Fsp3) is 0.579. The van der Waals surface area contributed by atoms with Crippen LogP contribution in [0.15, 0.2) is 12.5 Å². The Bertz CT molecular complexity index is 809. The second-order valence-corrected chi connectivity index (χ2v) is 7.77. The van der Waals surface area contributed by atoms with Crippen molar-refractivity contribution in [2.24, 2.45) is 17.4 Å². The number of aromatic nitrogens is 2. The minimum Gasteiger partial charge on any atom is -0.480 e. The van der Waals surface area contributed by atoms with Crippen LogP contribution < -0.4 is 27.4 Å². The second kappa shape index (κ2) is 12.4. The van der Waals surface area contributed by atoms with E-state index < -0.39 is 59.7 Å². The van der Waals surface area contributed by atoms with Crippen molar-refractivity contribution in [1.82, 2.24) is 25.9 Å². The van der Waals surface area contributed by atoms with Crippen LogP contribution >= 0.6 is 0 Å². The van der Waals surface area contributed by atoms with Crippen molar-refractivity contribution < 1.29 is 29.1 Å². The van der Waals surface area contributed by atoms with E-state index in [1.807, 2.05) is 0 Å². The van der Waals surface area contributed by atoms with Gasteiger partial charge in [0.25, 0.3) is 0 Å². The highest BCUT2D eigenvalue weighted by Crippen LogP contribution is 2.07. The predicted molar refractivity (Wildman–Crippen MR) is 113 cm³/mol. The predicted octanol–water partition coefficient (Wildman–Crippen LogP) is -2.24. The number of nitrogens with zero attached hydrogens (tertiary/aromatic N) is 1. The molecule has 13 heteroatoms. The van der Waals surface area contributed by atoms with E-state index in [-0.39, 0.29) is 19.3 Å². The van der Waals surface area contributed by atoms with Crippen LogP contribution in [0.4, 0.5) is 0 Å². The van der Waals surface area contributed by atoms with Gasteiger partial charge in [0, 0.05) is 24.7 Å². The lowest BCUT2D eigenvalue weighted by molar-refractivity contribution is -0.142. The van der Waals surface area contributed by atoms with Crippen molar-refractivity contribution >= 4 is 29.6 Å². The maximum atomic E-state index is 12.8. The summed E-state index contributed by atoms with van der Waals surface area (Å²) < 4.78 is 0. The van der Waals surface area contributed by atoms with Gasteiger partial charge in [0.05, 0.1) is 12.4 Å². The number of hydrogen-bond acceptors (Lipinski definition) is 7. The summed E-state index contributed by atoms with van der Waals surface area (Å²) >= 11 is 0. The van der Waals surface area contributed by atoms with Crippen molar-refractivity contribution in [3.8, 4) is 0 Å². The number of H-pyrrole nitrogens is 1. The number of carboxylic acid groups (broad SMARTS) is 1. The van der Waals surface area contributed by atoms with Crippen molar-refractivity contribution in [3.05, 3.63) is 18.2 Å². The molecule has 13 nitrogen and oxygen atoms in total. The van der Waals surface area contributed by atoms with Crippen molar-refractivity contribution in [1.29, 1.82) is 0 Å². The van der Waals surface area contributed by atoms with Gasteiger partial charge in [-0.15, -0.1) is 0 Å². The zero-order chi connectivity index (χ0) is 24.4. The molecule has 0 spiro atoms. The first-order valence-electron chi connectivity index (χ1n) is 10.1. The zero-order valence-electron chi connectivity index (χ0n) is 18.3. The molecule has 4 amide bonds. The standard InChI is InChI=1S/C19H31N7O6/c1-9(2)15(18(30)25-13(19(31)32)6-11-7-22-8-23-11)26-17(29)12(4-5-14(21)27)24-16(28)10(3)20/h7-10,12-13,15H,4-6,20H2,1-3H3,(H2,21,27)(H,22,23)(H,24,28)(H,25,30)(H,26,29)(H,31,32). The molecule has 1 rings (SSSR count). The molecule has 0 aliphatic rings. The molecule has 0 aliphatic carbocycles. The van der Waals surface area contributed by atoms with Gasteiger partial charge in [-0.05, 0) is 19.3 Å². The van der Waals surface area contributed by atoms with Crippen LogP contribution in [0.3, 0.4) is 0 Å². The first-order valence-corrected chi connectivity index (χ1v) is 10.1. The molecule has 0 saturated heterocycles. The van der Waals surface area contributed by atoms with E-state index in [1.165, 1.54) is 19.4 Å². The fourth-order valence-electron chi connectivity index (χ4n) is 2.73. The van der Waals surface area contributed by atoms with E-state index in [4.69, 9.17) is 11.5 Å². The van der Waals surface area contributed by atoms with E-state index in [0.717, 1.165) is 0 Å². The summed E-state index contributed by atoms with van der Waals surface area (Å²) in [6, 6.07) is -4.42. The number of hydrogen-bond donors (Lipinski definition) is 7. The molecule has 0 saturated carbocycles. The van der Waals surface area contributed by atoms with Crippen molar-refractivity contribution in [3.63, 3.8) is 0 Å². The quantitative estimate of drug-likeness (QED) is 0.172. The van der Waals surface area contributed by atoms with Gasteiger partial charge in [0.2, 0.25) is 23.6 Å². The number of primary amides is 1. The summed E-state index contributed by atoms with van der Waals surface area (Å²) in [5.41, 5.74) is 11.2. The first-order chi connectivity index (χ1) is 14.9. The average Bonchev–Trinajstić information content (AvgIpc) is 3.20. The van der Waals surface area contributed by atoms with Gasteiger partial charge in [-0.2, -0.15) is 0 Å². The zero-order valence-corrected chi connectivity index (χ0v) is 18.3. The molecule has 178 valence electrons. The van der Waals surface area contributed by atoms with Gasteiger partial charge < -0.3 is 37.5 Å². The molecule has 1 heterocycles. The van der Waals surface area contributed by atoms with Gasteiger partial charge >= 0.3 is 5.97 Å². The highest BCUT2D eigenvalue weighted by Gasteiger charge is 2.31. The van der Waals surface area contributed by atoms with E-state index in [0.29, 0.717) is 5.69 Å². The molecular weight excluding hydrogens is 422 g/mol. The summed E-state index contributed by atoms with van der Waals surface area (Å²) in [7, 11) is 0. The van der Waals surface area contributed by atoms with Gasteiger partial charge in [0.15, 0.2) is 0 Å². The third kappa shape index (κ3) is 8.71. The number of carboxylic acids is 1. The summed E-state index contributed by atoms with van der Waals surface area (Å²) in [6.07, 6.45) is 2.51. The van der Waals surface area contributed by atoms with Crippen LogP contribution in [-0.2, 0) is 30.4 Å². The Morgan fingerprint density at radius 2 is 1.66 bits per heavy atom. The number of imidazole rings is 1. The van der Waals surface area contributed by atoms with E-state index in [9.17, 15) is 29.1 Å². The Morgan fingerprint density at radius 1 is 1.03 bits per heavy atom. The molecule has 32 heavy (non-hydrogen) atoms. The van der Waals surface area contributed by atoms with Crippen molar-refractivity contribution in [2.75, 3.05) is 0 Å². The third-order valence-corrected chi connectivity index (χ3v) is 4.57. The summed E-state index contributed by atoms with van der Waals surface area (Å²) in [5.74, 6) is -4.40. The van der Waals surface area contributed by atoms with Gasteiger partial charge in [-0.1, -0.05) is 13.8 Å². The highest BCUT2D eigenvalue weighted by molar-refractivity contribution is 5.94. The number of nitrogens with one attached hydrogen (secondary N) is 4. The maximum Gasteiger partial charge on any atom is 0.326 e. The highest BCUT2D eigenvalue weighted by atomic mass is 16.4. The number of rotatable bonds is 13. The third-order valence-electron chi connectivity index (χ3n) is 4.57. The maximum absolute atomic E-state index is 12.8. The smallest absolute Gasteiger partial charge is 0.326 e. The Morgan fingerprint density at radius 3 is 2.12 bits per heavy atom. The lowest BCUT2D eigenvalue weighted by Gasteiger charge is -2.26. The molecular formula is C19H31N7O6. The molecule has 0 fully saturated rings. The largest absolute Gasteiger partial charge is 0.480 e. The number of amides is 4. The SMILES string of the molecule is CC(N)C(=O)NC(CCC(N)=O)C(=O)NC(C(=O)NC(Cc1cnc[nH]1)C(=O)O)C(C)C. The number of aromatic amines is 1. The van der Waals surface area contributed by atoms with Gasteiger partial charge in [-0.25, -0.2) is 9.78 Å². The van der Waals surface area contributed by atoms with Crippen LogP contribution in [0, 0.1) is 5.92 Å². The molecule has 9 N–H and O–H groups in total. The molecule has 0 radical (unpaired) electrons. The van der Waals surface area contributed by atoms with Crippen LogP contribution in [0.5, 0.6) is 0 Å². The molecule has 0 bridgehead atoms. The van der Waals surface area contributed by atoms with Crippen LogP contribution in [0.25, 0.3) is 0 Å². The van der Waals surface area contributed by atoms with E-state index >= 15 is 0 Å². The monoisotopic (exact) mass is 453 g/mol. The number of carbonyl (C=O) groups is 5. The Balaban J connectivity index is 2.92. The topological polar surface area (TPSA) is 222 Å². The molecule has 1 aromatic heterocycles. The lowest BCUT2D eigenvalue weighted by Crippen LogP contribution is -2.58. The first kappa shape index (κ1) is 26.6. The number of aliphatic carboxylic acids is 1. The summed E-state index contributed by atoms with van der Waals surface area (Å²) in [6.45, 7) is 4.75. The van der Waals surface area contributed by atoms with Crippen molar-refractivity contribution in [2.45, 2.75) is 64.2 Å². The number of nitrogens with two attached hydrogens (primary N) is 2. The van der Waals surface area contributed by atoms with Crippen LogP contribution in [0.2, 0.25) is 0 Å². The Kier molecular flexibility index (Phi) is 10.3. The van der Waals surface area contributed by atoms with Crippen LogP contribution in [0.1, 0.15) is 39.3 Å².